The summed E-state index contributed by atoms with van der Waals surface area (Å²) in [7, 11) is 1.41. The highest BCUT2D eigenvalue weighted by atomic mass is 32.2. The number of hydrogen-bond donors (Lipinski definition) is 0. The summed E-state index contributed by atoms with van der Waals surface area (Å²) in [6.07, 6.45) is 2.16. The van der Waals surface area contributed by atoms with E-state index in [-0.39, 0.29) is 18.0 Å². The molecule has 0 radical (unpaired) electrons. The number of carbonyl (C=O) groups excluding carboxylic acids is 1. The number of ether oxygens (including phenoxy) is 1. The summed E-state index contributed by atoms with van der Waals surface area (Å²) in [6, 6.07) is 12.0. The van der Waals surface area contributed by atoms with Gasteiger partial charge in [0.2, 0.25) is 0 Å². The maximum absolute atomic E-state index is 13.6. The minimum atomic E-state index is -0.449. The van der Waals surface area contributed by atoms with E-state index in [0.29, 0.717) is 11.1 Å². The number of carbonyl (C=O) groups is 1. The summed E-state index contributed by atoms with van der Waals surface area (Å²) in [5.41, 5.74) is 1.28. The molecule has 0 unspecified atom stereocenters. The second-order valence-electron chi connectivity index (χ2n) is 4.30. The Kier molecular flexibility index (Phi) is 4.79. The molecule has 0 aliphatic carbocycles. The summed E-state index contributed by atoms with van der Waals surface area (Å²) in [5, 5.41) is 0. The Morgan fingerprint density at radius 3 is 2.45 bits per heavy atom. The molecule has 20 heavy (non-hydrogen) atoms. The second kappa shape index (κ2) is 6.57. The molecule has 0 heterocycles. The zero-order chi connectivity index (χ0) is 14.5. The minimum absolute atomic E-state index is 0.0257. The summed E-state index contributed by atoms with van der Waals surface area (Å²) < 4.78 is 18.4. The third-order valence-corrected chi connectivity index (χ3v) is 3.74. The van der Waals surface area contributed by atoms with Gasteiger partial charge in [-0.15, -0.1) is 11.8 Å². The van der Waals surface area contributed by atoms with Gasteiger partial charge in [0.25, 0.3) is 0 Å². The first kappa shape index (κ1) is 14.6. The van der Waals surface area contributed by atoms with Crippen molar-refractivity contribution in [1.82, 2.24) is 0 Å². The van der Waals surface area contributed by atoms with Gasteiger partial charge in [-0.25, -0.2) is 4.39 Å². The molecular weight excluding hydrogens is 275 g/mol. The molecule has 4 heteroatoms. The molecule has 0 spiro atoms. The van der Waals surface area contributed by atoms with Gasteiger partial charge in [0.15, 0.2) is 17.3 Å². The van der Waals surface area contributed by atoms with Crippen LogP contribution in [0.1, 0.15) is 15.9 Å². The molecule has 0 atom stereocenters. The van der Waals surface area contributed by atoms with Crippen LogP contribution in [0.15, 0.2) is 47.4 Å². The van der Waals surface area contributed by atoms with E-state index in [4.69, 9.17) is 4.74 Å². The lowest BCUT2D eigenvalue weighted by Gasteiger charge is -2.05. The molecule has 2 rings (SSSR count). The van der Waals surface area contributed by atoms with Gasteiger partial charge in [-0.05, 0) is 36.1 Å². The molecule has 0 fully saturated rings. The number of rotatable bonds is 5. The van der Waals surface area contributed by atoms with Crippen molar-refractivity contribution >= 4 is 17.5 Å². The number of benzene rings is 2. The standard InChI is InChI=1S/C16H15FO2S/c1-19-16-8-3-11(9-14(16)17)10-15(18)12-4-6-13(20-2)7-5-12/h3-9H,10H2,1-2H3. The second-order valence-corrected chi connectivity index (χ2v) is 5.18. The maximum Gasteiger partial charge on any atom is 0.167 e. The number of halogens is 1. The first-order valence-electron chi connectivity index (χ1n) is 6.13. The Morgan fingerprint density at radius 2 is 1.90 bits per heavy atom. The van der Waals surface area contributed by atoms with E-state index >= 15 is 0 Å². The van der Waals surface area contributed by atoms with Crippen LogP contribution in [-0.4, -0.2) is 19.1 Å². The molecule has 0 bridgehead atoms. The molecule has 0 saturated heterocycles. The third kappa shape index (κ3) is 3.39. The molecule has 2 aromatic carbocycles. The van der Waals surface area contributed by atoms with E-state index < -0.39 is 5.82 Å². The van der Waals surface area contributed by atoms with E-state index in [1.165, 1.54) is 19.2 Å². The largest absolute Gasteiger partial charge is 0.494 e. The predicted octanol–water partition coefficient (Wildman–Crippen LogP) is 3.98. The average molecular weight is 290 g/mol. The molecule has 0 aromatic heterocycles. The van der Waals surface area contributed by atoms with Crippen LogP contribution in [-0.2, 0) is 6.42 Å². The Balaban J connectivity index is 2.12. The van der Waals surface area contributed by atoms with E-state index in [2.05, 4.69) is 0 Å². The monoisotopic (exact) mass is 290 g/mol. The summed E-state index contributed by atoms with van der Waals surface area (Å²) in [4.78, 5) is 13.2. The van der Waals surface area contributed by atoms with Crippen molar-refractivity contribution in [3.8, 4) is 5.75 Å². The third-order valence-electron chi connectivity index (χ3n) is 2.99. The van der Waals surface area contributed by atoms with Gasteiger partial charge in [0.05, 0.1) is 7.11 Å². The fraction of sp³-hybridized carbons (Fsp3) is 0.188. The van der Waals surface area contributed by atoms with Crippen LogP contribution < -0.4 is 4.74 Å². The van der Waals surface area contributed by atoms with E-state index in [0.717, 1.165) is 4.90 Å². The Hall–Kier alpha value is -1.81. The smallest absolute Gasteiger partial charge is 0.167 e. The molecule has 0 saturated carbocycles. The van der Waals surface area contributed by atoms with Crippen LogP contribution in [0.4, 0.5) is 4.39 Å². The topological polar surface area (TPSA) is 26.3 Å². The van der Waals surface area contributed by atoms with Crippen LogP contribution in [0, 0.1) is 5.82 Å². The summed E-state index contributed by atoms with van der Waals surface area (Å²) in [5.74, 6) is -0.289. The Bertz CT molecular complexity index is 608. The first-order chi connectivity index (χ1) is 9.63. The lowest BCUT2D eigenvalue weighted by atomic mass is 10.0. The van der Waals surface area contributed by atoms with Gasteiger partial charge in [0, 0.05) is 16.9 Å². The zero-order valence-electron chi connectivity index (χ0n) is 11.4. The molecule has 0 amide bonds. The van der Waals surface area contributed by atoms with Gasteiger partial charge < -0.3 is 4.74 Å². The number of hydrogen-bond acceptors (Lipinski definition) is 3. The molecule has 2 nitrogen and oxygen atoms in total. The zero-order valence-corrected chi connectivity index (χ0v) is 12.2. The van der Waals surface area contributed by atoms with E-state index in [1.54, 1.807) is 30.0 Å². The van der Waals surface area contributed by atoms with Crippen LogP contribution in [0.25, 0.3) is 0 Å². The van der Waals surface area contributed by atoms with Gasteiger partial charge in [-0.3, -0.25) is 4.79 Å². The minimum Gasteiger partial charge on any atom is -0.494 e. The maximum atomic E-state index is 13.6. The van der Waals surface area contributed by atoms with E-state index in [9.17, 15) is 9.18 Å². The summed E-state index contributed by atoms with van der Waals surface area (Å²) in [6.45, 7) is 0. The van der Waals surface area contributed by atoms with Crippen LogP contribution in [0.3, 0.4) is 0 Å². The van der Waals surface area contributed by atoms with Gasteiger partial charge in [0.1, 0.15) is 0 Å². The van der Waals surface area contributed by atoms with Gasteiger partial charge in [-0.1, -0.05) is 18.2 Å². The van der Waals surface area contributed by atoms with Crippen molar-refractivity contribution < 1.29 is 13.9 Å². The highest BCUT2D eigenvalue weighted by Crippen LogP contribution is 2.20. The molecule has 0 aliphatic rings. The molecular formula is C16H15FO2S. The first-order valence-corrected chi connectivity index (χ1v) is 7.36. The number of methoxy groups -OCH3 is 1. The Morgan fingerprint density at radius 1 is 1.20 bits per heavy atom. The SMILES string of the molecule is COc1ccc(CC(=O)c2ccc(SC)cc2)cc1F. The van der Waals surface area contributed by atoms with Crippen LogP contribution in [0.5, 0.6) is 5.75 Å². The highest BCUT2D eigenvalue weighted by Gasteiger charge is 2.09. The van der Waals surface area contributed by atoms with Crippen molar-refractivity contribution in [1.29, 1.82) is 0 Å². The lowest BCUT2D eigenvalue weighted by molar-refractivity contribution is 0.0993. The molecule has 2 aromatic rings. The summed E-state index contributed by atoms with van der Waals surface area (Å²) >= 11 is 1.62. The van der Waals surface area contributed by atoms with Gasteiger partial charge in [-0.2, -0.15) is 0 Å². The highest BCUT2D eigenvalue weighted by molar-refractivity contribution is 7.98. The molecule has 0 aliphatic heterocycles. The number of ketones is 1. The van der Waals surface area contributed by atoms with Gasteiger partial charge >= 0.3 is 0 Å². The van der Waals surface area contributed by atoms with Crippen LogP contribution >= 0.6 is 11.8 Å². The van der Waals surface area contributed by atoms with Crippen molar-refractivity contribution in [3.63, 3.8) is 0 Å². The normalized spacial score (nSPS) is 10.3. The quantitative estimate of drug-likeness (QED) is 0.615. The predicted molar refractivity (Wildman–Crippen MR) is 79.2 cm³/mol. The number of thioether (sulfide) groups is 1. The molecule has 104 valence electrons. The van der Waals surface area contributed by atoms with E-state index in [1.807, 2.05) is 18.4 Å². The lowest BCUT2D eigenvalue weighted by Crippen LogP contribution is -2.04. The Labute approximate surface area is 122 Å². The van der Waals surface area contributed by atoms with Crippen molar-refractivity contribution in [3.05, 3.63) is 59.4 Å². The van der Waals surface area contributed by atoms with Crippen molar-refractivity contribution in [2.45, 2.75) is 11.3 Å². The van der Waals surface area contributed by atoms with Crippen molar-refractivity contribution in [2.75, 3.05) is 13.4 Å². The average Bonchev–Trinajstić information content (AvgIpc) is 2.47. The fourth-order valence-electron chi connectivity index (χ4n) is 1.88. The molecule has 0 N–H and O–H groups in total. The van der Waals surface area contributed by atoms with Crippen LogP contribution in [0.2, 0.25) is 0 Å². The number of Topliss-reactive ketones (excluding diaryl/α,β-unsaturated/α-hetero) is 1. The van der Waals surface area contributed by atoms with Crippen molar-refractivity contribution in [2.24, 2.45) is 0 Å². The fourth-order valence-corrected chi connectivity index (χ4v) is 2.29.